The van der Waals surface area contributed by atoms with Gasteiger partial charge in [-0.15, -0.1) is 0 Å². The second-order valence-electron chi connectivity index (χ2n) is 6.85. The summed E-state index contributed by atoms with van der Waals surface area (Å²) in [6.45, 7) is 7.05. The average Bonchev–Trinajstić information content (AvgIpc) is 2.87. The van der Waals surface area contributed by atoms with Crippen molar-refractivity contribution in [2.75, 3.05) is 13.1 Å². The summed E-state index contributed by atoms with van der Waals surface area (Å²) in [5, 5.41) is 11.0. The van der Waals surface area contributed by atoms with Crippen LogP contribution in [0.15, 0.2) is 0 Å². The average molecular weight is 305 g/mol. The number of aromatic nitrogens is 3. The zero-order chi connectivity index (χ0) is 15.5. The second-order valence-corrected chi connectivity index (χ2v) is 6.85. The minimum Gasteiger partial charge on any atom is -0.351 e. The van der Waals surface area contributed by atoms with Crippen LogP contribution in [0, 0.1) is 18.8 Å². The van der Waals surface area contributed by atoms with Crippen LogP contribution in [0.5, 0.6) is 0 Å². The fourth-order valence-electron chi connectivity index (χ4n) is 3.66. The summed E-state index contributed by atoms with van der Waals surface area (Å²) in [6.07, 6.45) is 4.96. The third-order valence-corrected chi connectivity index (χ3v) is 4.98. The van der Waals surface area contributed by atoms with Gasteiger partial charge in [0.1, 0.15) is 11.6 Å². The molecule has 1 saturated heterocycles. The first-order chi connectivity index (χ1) is 10.6. The molecule has 2 N–H and O–H groups in total. The fraction of sp³-hybridized carbons (Fsp3) is 0.812. The third-order valence-electron chi connectivity index (χ3n) is 4.98. The lowest BCUT2D eigenvalue weighted by Crippen LogP contribution is -2.42. The predicted molar refractivity (Wildman–Crippen MR) is 84.4 cm³/mol. The molecule has 0 aromatic carbocycles. The van der Waals surface area contributed by atoms with Gasteiger partial charge in [0, 0.05) is 18.9 Å². The minimum atomic E-state index is 0.184. The van der Waals surface area contributed by atoms with Crippen molar-refractivity contribution in [1.29, 1.82) is 0 Å². The normalized spacial score (nSPS) is 26.3. The molecule has 2 aliphatic heterocycles. The number of hydrogen-bond acceptors (Lipinski definition) is 4. The second kappa shape index (κ2) is 6.77. The Kier molecular flexibility index (Phi) is 4.76. The van der Waals surface area contributed by atoms with Crippen molar-refractivity contribution in [1.82, 2.24) is 25.4 Å². The van der Waals surface area contributed by atoms with Gasteiger partial charge in [-0.2, -0.15) is 5.10 Å². The van der Waals surface area contributed by atoms with E-state index in [1.54, 1.807) is 0 Å². The Hall–Kier alpha value is -1.43. The topological polar surface area (TPSA) is 71.8 Å². The monoisotopic (exact) mass is 305 g/mol. The van der Waals surface area contributed by atoms with Gasteiger partial charge in [-0.05, 0) is 51.1 Å². The summed E-state index contributed by atoms with van der Waals surface area (Å²) in [6, 6.07) is 0.192. The Balaban J connectivity index is 1.48. The summed E-state index contributed by atoms with van der Waals surface area (Å²) in [4.78, 5) is 16.7. The van der Waals surface area contributed by atoms with Gasteiger partial charge in [0.15, 0.2) is 0 Å². The van der Waals surface area contributed by atoms with E-state index in [4.69, 9.17) is 0 Å². The molecular formula is C16H27N5O. The molecular weight excluding hydrogens is 278 g/mol. The molecule has 3 rings (SSSR count). The standard InChI is InChI=1S/C16H27N5O/c1-11(13-4-3-7-17-9-13)8-16(22)19-14-5-6-15-18-12(2)20-21(15)10-14/h11,13-14,17H,3-10H2,1-2H3,(H,19,22). The van der Waals surface area contributed by atoms with E-state index in [2.05, 4.69) is 27.6 Å². The van der Waals surface area contributed by atoms with E-state index in [-0.39, 0.29) is 11.9 Å². The molecule has 3 unspecified atom stereocenters. The van der Waals surface area contributed by atoms with E-state index in [1.807, 2.05) is 11.6 Å². The number of aryl methyl sites for hydroxylation is 2. The first kappa shape index (κ1) is 15.5. The minimum absolute atomic E-state index is 0.184. The van der Waals surface area contributed by atoms with Crippen molar-refractivity contribution < 1.29 is 4.79 Å². The van der Waals surface area contributed by atoms with Gasteiger partial charge >= 0.3 is 0 Å². The number of nitrogens with one attached hydrogen (secondary N) is 2. The maximum Gasteiger partial charge on any atom is 0.220 e. The molecule has 1 aromatic rings. The SMILES string of the molecule is Cc1nc2n(n1)CC(NC(=O)CC(C)C1CCCNC1)CC2. The number of amides is 1. The molecule has 0 saturated carbocycles. The number of carbonyl (C=O) groups is 1. The van der Waals surface area contributed by atoms with Crippen LogP contribution in [0.4, 0.5) is 0 Å². The summed E-state index contributed by atoms with van der Waals surface area (Å²) in [5.41, 5.74) is 0. The van der Waals surface area contributed by atoms with E-state index in [0.717, 1.165) is 44.1 Å². The van der Waals surface area contributed by atoms with Crippen LogP contribution in [0.3, 0.4) is 0 Å². The van der Waals surface area contributed by atoms with E-state index in [0.29, 0.717) is 18.3 Å². The Morgan fingerprint density at radius 3 is 3.14 bits per heavy atom. The Morgan fingerprint density at radius 2 is 2.36 bits per heavy atom. The van der Waals surface area contributed by atoms with Gasteiger partial charge in [0.2, 0.25) is 5.91 Å². The molecule has 1 amide bonds. The molecule has 3 atom stereocenters. The molecule has 1 aromatic heterocycles. The van der Waals surface area contributed by atoms with Crippen molar-refractivity contribution in [3.05, 3.63) is 11.6 Å². The number of hydrogen-bond donors (Lipinski definition) is 2. The molecule has 0 aliphatic carbocycles. The van der Waals surface area contributed by atoms with E-state index in [1.165, 1.54) is 12.8 Å². The Labute approximate surface area is 132 Å². The molecule has 0 bridgehead atoms. The highest BCUT2D eigenvalue weighted by Gasteiger charge is 2.25. The van der Waals surface area contributed by atoms with Gasteiger partial charge < -0.3 is 10.6 Å². The van der Waals surface area contributed by atoms with Crippen molar-refractivity contribution in [3.8, 4) is 0 Å². The smallest absolute Gasteiger partial charge is 0.220 e. The Bertz CT molecular complexity index is 521. The van der Waals surface area contributed by atoms with E-state index >= 15 is 0 Å². The molecule has 122 valence electrons. The maximum absolute atomic E-state index is 12.3. The largest absolute Gasteiger partial charge is 0.351 e. The summed E-state index contributed by atoms with van der Waals surface area (Å²) in [5.74, 6) is 3.13. The van der Waals surface area contributed by atoms with Gasteiger partial charge in [0.25, 0.3) is 0 Å². The highest BCUT2D eigenvalue weighted by Crippen LogP contribution is 2.22. The van der Waals surface area contributed by atoms with Gasteiger partial charge in [0.05, 0.1) is 6.54 Å². The zero-order valence-corrected chi connectivity index (χ0v) is 13.6. The summed E-state index contributed by atoms with van der Waals surface area (Å²) < 4.78 is 1.94. The number of nitrogens with zero attached hydrogens (tertiary/aromatic N) is 3. The summed E-state index contributed by atoms with van der Waals surface area (Å²) >= 11 is 0. The highest BCUT2D eigenvalue weighted by molar-refractivity contribution is 5.76. The molecule has 6 heteroatoms. The molecule has 22 heavy (non-hydrogen) atoms. The highest BCUT2D eigenvalue weighted by atomic mass is 16.1. The van der Waals surface area contributed by atoms with Crippen LogP contribution >= 0.6 is 0 Å². The van der Waals surface area contributed by atoms with Crippen LogP contribution in [-0.4, -0.2) is 39.8 Å². The first-order valence-electron chi connectivity index (χ1n) is 8.52. The van der Waals surface area contributed by atoms with Gasteiger partial charge in [-0.1, -0.05) is 6.92 Å². The third kappa shape index (κ3) is 3.66. The van der Waals surface area contributed by atoms with Gasteiger partial charge in [-0.3, -0.25) is 4.79 Å². The molecule has 1 fully saturated rings. The number of rotatable bonds is 4. The van der Waals surface area contributed by atoms with Crippen LogP contribution < -0.4 is 10.6 Å². The number of carbonyl (C=O) groups excluding carboxylic acids is 1. The lowest BCUT2D eigenvalue weighted by atomic mass is 9.85. The van der Waals surface area contributed by atoms with Crippen LogP contribution in [0.1, 0.15) is 44.3 Å². The molecule has 2 aliphatic rings. The number of piperidine rings is 1. The molecule has 6 nitrogen and oxygen atoms in total. The summed E-state index contributed by atoms with van der Waals surface area (Å²) in [7, 11) is 0. The van der Waals surface area contributed by atoms with Crippen molar-refractivity contribution in [2.24, 2.45) is 11.8 Å². The fourth-order valence-corrected chi connectivity index (χ4v) is 3.66. The zero-order valence-electron chi connectivity index (χ0n) is 13.6. The lowest BCUT2D eigenvalue weighted by Gasteiger charge is -2.29. The van der Waals surface area contributed by atoms with Crippen molar-refractivity contribution in [2.45, 2.75) is 58.5 Å². The van der Waals surface area contributed by atoms with Crippen LogP contribution in [0.2, 0.25) is 0 Å². The predicted octanol–water partition coefficient (Wildman–Crippen LogP) is 1.04. The Morgan fingerprint density at radius 1 is 1.50 bits per heavy atom. The lowest BCUT2D eigenvalue weighted by molar-refractivity contribution is -0.123. The van der Waals surface area contributed by atoms with Gasteiger partial charge in [-0.25, -0.2) is 9.67 Å². The van der Waals surface area contributed by atoms with Crippen LogP contribution in [0.25, 0.3) is 0 Å². The van der Waals surface area contributed by atoms with Crippen LogP contribution in [-0.2, 0) is 17.8 Å². The quantitative estimate of drug-likeness (QED) is 0.872. The van der Waals surface area contributed by atoms with E-state index in [9.17, 15) is 4.79 Å². The van der Waals surface area contributed by atoms with Crippen molar-refractivity contribution >= 4 is 5.91 Å². The molecule has 3 heterocycles. The van der Waals surface area contributed by atoms with E-state index < -0.39 is 0 Å². The van der Waals surface area contributed by atoms with Crippen molar-refractivity contribution in [3.63, 3.8) is 0 Å². The first-order valence-corrected chi connectivity index (χ1v) is 8.52. The maximum atomic E-state index is 12.3. The molecule has 0 spiro atoms. The molecule has 0 radical (unpaired) electrons. The number of fused-ring (bicyclic) bond motifs is 1.